The van der Waals surface area contributed by atoms with E-state index in [4.69, 9.17) is 0 Å². The van der Waals surface area contributed by atoms with E-state index in [9.17, 15) is 38.9 Å². The Morgan fingerprint density at radius 2 is 1.25 bits per heavy atom. The number of benzene rings is 4. The predicted molar refractivity (Wildman–Crippen MR) is 195 cm³/mol. The van der Waals surface area contributed by atoms with Gasteiger partial charge < -0.3 is 4.90 Å². The average Bonchev–Trinajstić information content (AvgIpc) is 3.10. The van der Waals surface area contributed by atoms with Gasteiger partial charge >= 0.3 is 0 Å². The molecule has 51 heavy (non-hydrogen) atoms. The fourth-order valence-corrected chi connectivity index (χ4v) is 8.11. The largest absolute Gasteiger partial charge is 0.367 e. The Kier molecular flexibility index (Phi) is 11.4. The van der Waals surface area contributed by atoms with Gasteiger partial charge in [-0.15, -0.1) is 0 Å². The van der Waals surface area contributed by atoms with E-state index in [1.165, 1.54) is 30.3 Å². The van der Waals surface area contributed by atoms with Crippen LogP contribution >= 0.6 is 0 Å². The number of nitrogens with zero attached hydrogens (tertiary/aromatic N) is 2. The Balaban J connectivity index is 1.48. The summed E-state index contributed by atoms with van der Waals surface area (Å²) in [5.74, 6) is -0.844. The molecule has 0 aromatic heterocycles. The van der Waals surface area contributed by atoms with Crippen molar-refractivity contribution in [2.75, 3.05) is 18.0 Å². The van der Waals surface area contributed by atoms with Crippen LogP contribution in [0.5, 0.6) is 0 Å². The quantitative estimate of drug-likeness (QED) is 0.109. The second-order valence-electron chi connectivity index (χ2n) is 12.1. The lowest BCUT2D eigenvalue weighted by molar-refractivity contribution is -0.539. The molecule has 11 nitrogen and oxygen atoms in total. The van der Waals surface area contributed by atoms with E-state index in [-0.39, 0.29) is 20.6 Å². The van der Waals surface area contributed by atoms with E-state index in [1.54, 1.807) is 42.5 Å². The summed E-state index contributed by atoms with van der Waals surface area (Å²) in [5.41, 5.74) is 4.27. The Morgan fingerprint density at radius 3 is 1.80 bits per heavy atom. The van der Waals surface area contributed by atoms with Gasteiger partial charge in [0, 0.05) is 48.3 Å². The van der Waals surface area contributed by atoms with Crippen LogP contribution in [0.4, 0.5) is 5.69 Å². The van der Waals surface area contributed by atoms with Gasteiger partial charge in [-0.25, -0.2) is 4.58 Å². The third-order valence-corrected chi connectivity index (χ3v) is 11.4. The topological polar surface area (TPSA) is 169 Å². The summed E-state index contributed by atoms with van der Waals surface area (Å²) in [7, 11) is -13.3. The van der Waals surface area contributed by atoms with Gasteiger partial charge in [0.05, 0.1) is 14.7 Å². The molecule has 5 rings (SSSR count). The lowest BCUT2D eigenvalue weighted by Crippen LogP contribution is -2.23. The smallest absolute Gasteiger partial charge is 0.294 e. The van der Waals surface area contributed by atoms with Crippen LogP contribution in [0.3, 0.4) is 0 Å². The zero-order valence-corrected chi connectivity index (χ0v) is 30.4. The average molecular weight is 752 g/mol. The van der Waals surface area contributed by atoms with Crippen molar-refractivity contribution < 1.29 is 43.5 Å². The van der Waals surface area contributed by atoms with E-state index in [0.29, 0.717) is 42.9 Å². The first-order valence-electron chi connectivity index (χ1n) is 16.1. The third kappa shape index (κ3) is 9.27. The van der Waals surface area contributed by atoms with Gasteiger partial charge in [0.2, 0.25) is 0 Å². The van der Waals surface area contributed by atoms with Crippen molar-refractivity contribution in [1.29, 1.82) is 0 Å². The zero-order valence-electron chi connectivity index (χ0n) is 27.9. The molecule has 1 unspecified atom stereocenters. The van der Waals surface area contributed by atoms with Crippen LogP contribution in [0.1, 0.15) is 42.0 Å². The lowest BCUT2D eigenvalue weighted by atomic mass is 9.78. The maximum absolute atomic E-state index is 12.5. The van der Waals surface area contributed by atoms with E-state index in [2.05, 4.69) is 0 Å². The molecule has 1 aliphatic carbocycles. The van der Waals surface area contributed by atoms with Gasteiger partial charge in [-0.2, -0.15) is 25.3 Å². The Labute approximate surface area is 299 Å². The number of anilines is 1. The Hall–Kier alpha value is -4.44. The first kappa shape index (κ1) is 37.8. The highest BCUT2D eigenvalue weighted by Crippen LogP contribution is 2.39. The highest BCUT2D eigenvalue weighted by Gasteiger charge is 2.29. The molecule has 4 aromatic rings. The summed E-state index contributed by atoms with van der Waals surface area (Å²) in [6.07, 6.45) is 7.79. The summed E-state index contributed by atoms with van der Waals surface area (Å²) in [4.78, 5) is 1.46. The van der Waals surface area contributed by atoms with Crippen molar-refractivity contribution in [2.45, 2.75) is 47.5 Å². The molecular formula is C37H39N2O9S3+. The number of hydrogen-bond donors (Lipinski definition) is 3. The Morgan fingerprint density at radius 1 is 0.686 bits per heavy atom. The molecule has 0 aliphatic heterocycles. The maximum Gasteiger partial charge on any atom is 0.294 e. The molecule has 0 radical (unpaired) electrons. The molecule has 0 saturated heterocycles. The van der Waals surface area contributed by atoms with E-state index >= 15 is 0 Å². The highest BCUT2D eigenvalue weighted by molar-refractivity contribution is 7.86. The second kappa shape index (κ2) is 15.4. The standard InChI is InChI=1S/C37H38N2O9S3/c1-3-38(25-27-9-7-11-33(23-27)49(40,41)42)31-19-15-29(16-20-31)37(35-13-5-6-14-36(35)51(46,47)48)30-17-21-32(22-18-30)39(4-2)26-28-10-8-12-34(24-28)50(43,44)45/h5-24,29,37H,3-4,25-26H2,1-2H3,(H2-,40,41,42,43,44,45,46,47,48)/p+1. The first-order chi connectivity index (χ1) is 24.1. The van der Waals surface area contributed by atoms with E-state index in [1.807, 2.05) is 71.9 Å². The monoisotopic (exact) mass is 751 g/mol. The zero-order chi connectivity index (χ0) is 37.0. The summed E-state index contributed by atoms with van der Waals surface area (Å²) >= 11 is 0. The summed E-state index contributed by atoms with van der Waals surface area (Å²) in [6.45, 7) is 5.85. The molecule has 14 heteroatoms. The third-order valence-electron chi connectivity index (χ3n) is 8.78. The molecule has 0 spiro atoms. The van der Waals surface area contributed by atoms with E-state index in [0.717, 1.165) is 17.0 Å². The van der Waals surface area contributed by atoms with Crippen molar-refractivity contribution >= 4 is 41.8 Å². The van der Waals surface area contributed by atoms with E-state index < -0.39 is 36.3 Å². The fraction of sp³-hybridized carbons (Fsp3) is 0.216. The van der Waals surface area contributed by atoms with Crippen LogP contribution in [-0.2, 0) is 43.4 Å². The molecule has 3 N–H and O–H groups in total. The molecule has 0 amide bonds. The van der Waals surface area contributed by atoms with Gasteiger partial charge in [-0.1, -0.05) is 66.7 Å². The molecule has 268 valence electrons. The Bertz CT molecular complexity index is 2320. The van der Waals surface area contributed by atoms with Crippen molar-refractivity contribution in [3.05, 3.63) is 144 Å². The lowest BCUT2D eigenvalue weighted by Gasteiger charge is -2.28. The summed E-state index contributed by atoms with van der Waals surface area (Å²) < 4.78 is 103. The minimum absolute atomic E-state index is 0.185. The van der Waals surface area contributed by atoms with Crippen LogP contribution in [0.2, 0.25) is 0 Å². The molecule has 0 heterocycles. The van der Waals surface area contributed by atoms with Gasteiger partial charge in [0.15, 0.2) is 12.3 Å². The number of rotatable bonds is 13. The fourth-order valence-electron chi connectivity index (χ4n) is 6.27. The first-order valence-corrected chi connectivity index (χ1v) is 20.4. The molecule has 0 saturated carbocycles. The SMILES string of the molecule is CCN(Cc1cccc(S(=O)(=O)O)c1)c1ccc(C(c2ccccc2S(=O)(=O)O)C2C=CC(=[N+](CC)Cc3cccc(S(=O)(=O)O)c3)C=C2)cc1. The molecule has 0 fully saturated rings. The van der Waals surface area contributed by atoms with Crippen LogP contribution in [0.15, 0.2) is 136 Å². The minimum Gasteiger partial charge on any atom is -0.367 e. The van der Waals surface area contributed by atoms with Crippen LogP contribution < -0.4 is 4.90 Å². The van der Waals surface area contributed by atoms with Crippen LogP contribution in [-0.4, -0.2) is 62.3 Å². The van der Waals surface area contributed by atoms with Crippen molar-refractivity contribution in [2.24, 2.45) is 5.92 Å². The predicted octanol–water partition coefficient (Wildman–Crippen LogP) is 6.00. The van der Waals surface area contributed by atoms with Crippen LogP contribution in [0.25, 0.3) is 0 Å². The molecule has 1 aliphatic rings. The normalized spacial score (nSPS) is 15.5. The molecule has 1 atom stereocenters. The van der Waals surface area contributed by atoms with Crippen molar-refractivity contribution in [1.82, 2.24) is 0 Å². The maximum atomic E-state index is 12.5. The van der Waals surface area contributed by atoms with Crippen molar-refractivity contribution in [3.63, 3.8) is 0 Å². The molecule has 0 bridgehead atoms. The van der Waals surface area contributed by atoms with Gasteiger partial charge in [0.1, 0.15) is 6.54 Å². The van der Waals surface area contributed by atoms with Gasteiger partial charge in [-0.05, 0) is 73.0 Å². The summed E-state index contributed by atoms with van der Waals surface area (Å²) in [6, 6.07) is 26.2. The van der Waals surface area contributed by atoms with Crippen LogP contribution in [0, 0.1) is 5.92 Å². The van der Waals surface area contributed by atoms with Gasteiger partial charge in [-0.3, -0.25) is 13.7 Å². The van der Waals surface area contributed by atoms with Gasteiger partial charge in [0.25, 0.3) is 30.4 Å². The number of allylic oxidation sites excluding steroid dienone is 4. The molecular weight excluding hydrogens is 713 g/mol. The molecule has 4 aromatic carbocycles. The van der Waals surface area contributed by atoms with Crippen molar-refractivity contribution in [3.8, 4) is 0 Å². The highest BCUT2D eigenvalue weighted by atomic mass is 32.2. The summed E-state index contributed by atoms with van der Waals surface area (Å²) in [5, 5.41) is 0. The number of hydrogen-bond acceptors (Lipinski definition) is 7. The minimum atomic E-state index is -4.57. The second-order valence-corrected chi connectivity index (χ2v) is 16.3.